The molecule has 3 rings (SSSR count). The van der Waals surface area contributed by atoms with Gasteiger partial charge in [-0.05, 0) is 26.0 Å². The van der Waals surface area contributed by atoms with Crippen LogP contribution in [0.2, 0.25) is 0 Å². The van der Waals surface area contributed by atoms with E-state index in [-0.39, 0.29) is 6.54 Å². The van der Waals surface area contributed by atoms with Crippen molar-refractivity contribution in [2.75, 3.05) is 11.9 Å². The number of hydrogen-bond acceptors (Lipinski definition) is 4. The van der Waals surface area contributed by atoms with Crippen LogP contribution in [-0.4, -0.2) is 38.9 Å². The molecule has 3 amide bonds. The summed E-state index contributed by atoms with van der Waals surface area (Å²) < 4.78 is 1.65. The molecule has 0 saturated carbocycles. The number of hydrogen-bond donors (Lipinski definition) is 1. The van der Waals surface area contributed by atoms with E-state index >= 15 is 0 Å². The summed E-state index contributed by atoms with van der Waals surface area (Å²) in [6.45, 7) is 4.02. The molecule has 1 aliphatic heterocycles. The maximum atomic E-state index is 12.2. The molecule has 118 valence electrons. The second kappa shape index (κ2) is 5.68. The van der Waals surface area contributed by atoms with E-state index in [2.05, 4.69) is 10.4 Å². The Morgan fingerprint density at radius 3 is 2.35 bits per heavy atom. The predicted octanol–water partition coefficient (Wildman–Crippen LogP) is 1.45. The standard InChI is InChI=1S/C16H16N4O3/c1-3-20-13(8-10(2)18-20)17-14(21)9-19-15(22)11-6-4-5-7-12(11)16(19)23/h4-8H,3,9H2,1-2H3,(H,17,21). The zero-order chi connectivity index (χ0) is 16.6. The van der Waals surface area contributed by atoms with E-state index in [1.54, 1.807) is 35.0 Å². The Morgan fingerprint density at radius 1 is 1.17 bits per heavy atom. The van der Waals surface area contributed by atoms with E-state index < -0.39 is 17.7 Å². The molecule has 0 unspecified atom stereocenters. The first-order chi connectivity index (χ1) is 11.0. The lowest BCUT2D eigenvalue weighted by atomic mass is 10.1. The van der Waals surface area contributed by atoms with Crippen LogP contribution in [0.4, 0.5) is 5.82 Å². The minimum Gasteiger partial charge on any atom is -0.309 e. The van der Waals surface area contributed by atoms with Crippen LogP contribution >= 0.6 is 0 Å². The van der Waals surface area contributed by atoms with Crippen molar-refractivity contribution < 1.29 is 14.4 Å². The van der Waals surface area contributed by atoms with Gasteiger partial charge >= 0.3 is 0 Å². The fourth-order valence-electron chi connectivity index (χ4n) is 2.60. The molecule has 0 saturated heterocycles. The summed E-state index contributed by atoms with van der Waals surface area (Å²) in [6.07, 6.45) is 0. The van der Waals surface area contributed by atoms with Crippen molar-refractivity contribution in [3.63, 3.8) is 0 Å². The molecular weight excluding hydrogens is 296 g/mol. The van der Waals surface area contributed by atoms with Gasteiger partial charge in [0.05, 0.1) is 16.8 Å². The molecule has 0 spiro atoms. The Morgan fingerprint density at radius 2 is 1.78 bits per heavy atom. The van der Waals surface area contributed by atoms with Crippen molar-refractivity contribution in [1.29, 1.82) is 0 Å². The topological polar surface area (TPSA) is 84.3 Å². The lowest BCUT2D eigenvalue weighted by Crippen LogP contribution is -2.37. The number of fused-ring (bicyclic) bond motifs is 1. The van der Waals surface area contributed by atoms with Crippen LogP contribution in [0.3, 0.4) is 0 Å². The van der Waals surface area contributed by atoms with Gasteiger partial charge in [-0.1, -0.05) is 12.1 Å². The molecule has 0 bridgehead atoms. The Labute approximate surface area is 132 Å². The van der Waals surface area contributed by atoms with Crippen LogP contribution in [0.1, 0.15) is 33.3 Å². The van der Waals surface area contributed by atoms with E-state index in [9.17, 15) is 14.4 Å². The van der Waals surface area contributed by atoms with Crippen LogP contribution in [0.25, 0.3) is 0 Å². The molecule has 0 radical (unpaired) electrons. The van der Waals surface area contributed by atoms with E-state index in [0.29, 0.717) is 23.5 Å². The van der Waals surface area contributed by atoms with Crippen LogP contribution in [0.5, 0.6) is 0 Å². The highest BCUT2D eigenvalue weighted by molar-refractivity contribution is 6.22. The van der Waals surface area contributed by atoms with Gasteiger partial charge in [0.2, 0.25) is 5.91 Å². The molecule has 7 heteroatoms. The molecule has 1 aromatic carbocycles. The quantitative estimate of drug-likeness (QED) is 0.866. The number of aromatic nitrogens is 2. The molecule has 23 heavy (non-hydrogen) atoms. The van der Waals surface area contributed by atoms with E-state index in [1.807, 2.05) is 13.8 Å². The minimum absolute atomic E-state index is 0.319. The van der Waals surface area contributed by atoms with Gasteiger partial charge in [-0.25, -0.2) is 4.68 Å². The molecule has 7 nitrogen and oxygen atoms in total. The SMILES string of the molecule is CCn1nc(C)cc1NC(=O)CN1C(=O)c2ccccc2C1=O. The highest BCUT2D eigenvalue weighted by Gasteiger charge is 2.36. The third kappa shape index (κ3) is 2.61. The first-order valence-electron chi connectivity index (χ1n) is 7.30. The van der Waals surface area contributed by atoms with Crippen molar-refractivity contribution in [1.82, 2.24) is 14.7 Å². The van der Waals surface area contributed by atoms with Gasteiger partial charge in [-0.3, -0.25) is 19.3 Å². The fourth-order valence-corrected chi connectivity index (χ4v) is 2.60. The molecule has 2 aromatic rings. The summed E-state index contributed by atoms with van der Waals surface area (Å²) in [4.78, 5) is 37.6. The lowest BCUT2D eigenvalue weighted by Gasteiger charge is -2.13. The average Bonchev–Trinajstić information content (AvgIpc) is 3.00. The van der Waals surface area contributed by atoms with Crippen LogP contribution in [0, 0.1) is 6.92 Å². The van der Waals surface area contributed by atoms with Gasteiger partial charge in [0.25, 0.3) is 11.8 Å². The van der Waals surface area contributed by atoms with Gasteiger partial charge < -0.3 is 5.32 Å². The van der Waals surface area contributed by atoms with Crippen molar-refractivity contribution in [3.05, 3.63) is 47.2 Å². The number of carbonyl (C=O) groups is 3. The van der Waals surface area contributed by atoms with Gasteiger partial charge in [0.15, 0.2) is 0 Å². The highest BCUT2D eigenvalue weighted by atomic mass is 16.2. The third-order valence-electron chi connectivity index (χ3n) is 3.65. The number of imide groups is 1. The average molecular weight is 312 g/mol. The number of nitrogens with one attached hydrogen (secondary N) is 1. The normalized spacial score (nSPS) is 13.4. The second-order valence-electron chi connectivity index (χ2n) is 5.28. The smallest absolute Gasteiger partial charge is 0.262 e. The zero-order valence-electron chi connectivity index (χ0n) is 12.9. The van der Waals surface area contributed by atoms with Gasteiger partial charge in [-0.2, -0.15) is 5.10 Å². The van der Waals surface area contributed by atoms with E-state index in [4.69, 9.17) is 0 Å². The molecule has 2 heterocycles. The maximum Gasteiger partial charge on any atom is 0.262 e. The van der Waals surface area contributed by atoms with Gasteiger partial charge in [0, 0.05) is 12.6 Å². The summed E-state index contributed by atoms with van der Waals surface area (Å²) in [5, 5.41) is 6.92. The largest absolute Gasteiger partial charge is 0.309 e. The third-order valence-corrected chi connectivity index (χ3v) is 3.65. The van der Waals surface area contributed by atoms with E-state index in [0.717, 1.165) is 10.6 Å². The molecule has 0 fully saturated rings. The van der Waals surface area contributed by atoms with Crippen molar-refractivity contribution in [2.45, 2.75) is 20.4 Å². The first-order valence-corrected chi connectivity index (χ1v) is 7.30. The highest BCUT2D eigenvalue weighted by Crippen LogP contribution is 2.22. The predicted molar refractivity (Wildman–Crippen MR) is 83.1 cm³/mol. The molecule has 1 aliphatic rings. The Kier molecular flexibility index (Phi) is 3.69. The van der Waals surface area contributed by atoms with Gasteiger partial charge in [0.1, 0.15) is 12.4 Å². The van der Waals surface area contributed by atoms with Crippen molar-refractivity contribution >= 4 is 23.5 Å². The Bertz CT molecular complexity index is 774. The number of anilines is 1. The summed E-state index contributed by atoms with van der Waals surface area (Å²) >= 11 is 0. The molecule has 0 aliphatic carbocycles. The summed E-state index contributed by atoms with van der Waals surface area (Å²) in [7, 11) is 0. The number of benzene rings is 1. The van der Waals surface area contributed by atoms with E-state index in [1.165, 1.54) is 0 Å². The number of aryl methyl sites for hydroxylation is 2. The minimum atomic E-state index is -0.444. The van der Waals surface area contributed by atoms with Crippen LogP contribution in [-0.2, 0) is 11.3 Å². The maximum absolute atomic E-state index is 12.2. The van der Waals surface area contributed by atoms with Crippen LogP contribution in [0.15, 0.2) is 30.3 Å². The second-order valence-corrected chi connectivity index (χ2v) is 5.28. The summed E-state index contributed by atoms with van der Waals surface area (Å²) in [5.41, 5.74) is 1.45. The Hall–Kier alpha value is -2.96. The van der Waals surface area contributed by atoms with Crippen molar-refractivity contribution in [2.24, 2.45) is 0 Å². The fraction of sp³-hybridized carbons (Fsp3) is 0.250. The van der Waals surface area contributed by atoms with Crippen LogP contribution < -0.4 is 5.32 Å². The van der Waals surface area contributed by atoms with Crippen molar-refractivity contribution in [3.8, 4) is 0 Å². The lowest BCUT2D eigenvalue weighted by molar-refractivity contribution is -0.116. The number of carbonyl (C=O) groups excluding carboxylic acids is 3. The molecule has 1 aromatic heterocycles. The first kappa shape index (κ1) is 15.0. The Balaban J connectivity index is 1.74. The van der Waals surface area contributed by atoms with Gasteiger partial charge in [-0.15, -0.1) is 0 Å². The number of nitrogens with zero attached hydrogens (tertiary/aromatic N) is 3. The monoisotopic (exact) mass is 312 g/mol. The number of rotatable bonds is 4. The molecule has 1 N–H and O–H groups in total. The summed E-state index contributed by atoms with van der Waals surface area (Å²) in [6, 6.07) is 8.29. The zero-order valence-corrected chi connectivity index (χ0v) is 12.9. The molecular formula is C16H16N4O3. The number of amides is 3. The molecule has 0 atom stereocenters. The summed E-state index contributed by atoms with van der Waals surface area (Å²) in [5.74, 6) is -0.775.